The van der Waals surface area contributed by atoms with E-state index in [1.807, 2.05) is 0 Å². The molecule has 0 atom stereocenters. The van der Waals surface area contributed by atoms with Crippen molar-refractivity contribution in [2.24, 2.45) is 5.10 Å². The average molecular weight is 303 g/mol. The van der Waals surface area contributed by atoms with E-state index >= 15 is 0 Å². The fraction of sp³-hybridized carbons (Fsp3) is 0.154. The molecule has 1 aromatic heterocycles. The summed E-state index contributed by atoms with van der Waals surface area (Å²) in [5.41, 5.74) is 4.14. The molecule has 9 nitrogen and oxygen atoms in total. The Bertz CT molecular complexity index is 721. The quantitative estimate of drug-likeness (QED) is 0.508. The van der Waals surface area contributed by atoms with Crippen molar-refractivity contribution in [1.29, 1.82) is 0 Å². The molecule has 0 radical (unpaired) electrons. The summed E-state index contributed by atoms with van der Waals surface area (Å²) in [5.74, 6) is 0.548. The largest absolute Gasteiger partial charge is 0.452 e. The van der Waals surface area contributed by atoms with Crippen LogP contribution in [0.3, 0.4) is 0 Å². The normalized spacial score (nSPS) is 10.6. The molecule has 114 valence electrons. The van der Waals surface area contributed by atoms with E-state index in [4.69, 9.17) is 0 Å². The number of hydrazone groups is 1. The second kappa shape index (κ2) is 6.48. The number of carbonyl (C=O) groups excluding carboxylic acids is 1. The molecular weight excluding hydrogens is 290 g/mol. The van der Waals surface area contributed by atoms with Gasteiger partial charge in [0.1, 0.15) is 11.5 Å². The molecule has 0 aliphatic carbocycles. The first kappa shape index (κ1) is 15.2. The molecule has 1 heterocycles. The molecule has 0 aliphatic heterocycles. The maximum atomic E-state index is 10.9. The molecule has 1 aromatic carbocycles. The molecule has 0 spiro atoms. The van der Waals surface area contributed by atoms with Gasteiger partial charge in [-0.2, -0.15) is 5.10 Å². The second-order valence-electron chi connectivity index (χ2n) is 4.26. The van der Waals surface area contributed by atoms with E-state index < -0.39 is 11.0 Å². The number of non-ortho nitro benzene ring substituents is 1. The average Bonchev–Trinajstić information content (AvgIpc) is 2.88. The lowest BCUT2D eigenvalue weighted by Gasteiger charge is -1.96. The lowest BCUT2D eigenvalue weighted by molar-refractivity contribution is -0.384. The van der Waals surface area contributed by atoms with E-state index in [2.05, 4.69) is 25.2 Å². The number of imidazole rings is 1. The van der Waals surface area contributed by atoms with E-state index in [0.717, 1.165) is 5.69 Å². The Labute approximate surface area is 125 Å². The number of nitro groups is 1. The van der Waals surface area contributed by atoms with Crippen LogP contribution in [0.4, 0.5) is 10.5 Å². The van der Waals surface area contributed by atoms with Crippen LogP contribution in [0.15, 0.2) is 29.4 Å². The maximum absolute atomic E-state index is 10.9. The first-order chi connectivity index (χ1) is 10.5. The lowest BCUT2D eigenvalue weighted by Crippen LogP contribution is -2.16. The molecule has 1 amide bonds. The van der Waals surface area contributed by atoms with Crippen molar-refractivity contribution < 1.29 is 14.5 Å². The summed E-state index contributed by atoms with van der Waals surface area (Å²) in [6.07, 6.45) is 0.692. The third-order valence-electron chi connectivity index (χ3n) is 2.80. The number of aryl methyl sites for hydroxylation is 1. The first-order valence-electron chi connectivity index (χ1n) is 6.19. The Kier molecular flexibility index (Phi) is 4.47. The summed E-state index contributed by atoms with van der Waals surface area (Å²) in [7, 11) is 1.23. The van der Waals surface area contributed by atoms with Crippen LogP contribution in [0.1, 0.15) is 11.4 Å². The topological polar surface area (TPSA) is 123 Å². The van der Waals surface area contributed by atoms with Gasteiger partial charge >= 0.3 is 6.09 Å². The molecule has 0 saturated carbocycles. The van der Waals surface area contributed by atoms with Gasteiger partial charge in [-0.1, -0.05) is 0 Å². The number of benzene rings is 1. The summed E-state index contributed by atoms with van der Waals surface area (Å²) >= 11 is 0. The number of nitrogens with zero attached hydrogens (tertiary/aromatic N) is 3. The molecule has 0 aliphatic rings. The summed E-state index contributed by atoms with van der Waals surface area (Å²) in [5, 5.41) is 14.3. The van der Waals surface area contributed by atoms with Gasteiger partial charge < -0.3 is 9.72 Å². The van der Waals surface area contributed by atoms with Crippen molar-refractivity contribution >= 4 is 18.0 Å². The highest BCUT2D eigenvalue weighted by atomic mass is 16.6. The van der Waals surface area contributed by atoms with Crippen molar-refractivity contribution in [3.05, 3.63) is 45.8 Å². The second-order valence-corrected chi connectivity index (χ2v) is 4.26. The van der Waals surface area contributed by atoms with Gasteiger partial charge in [0.2, 0.25) is 0 Å². The van der Waals surface area contributed by atoms with Gasteiger partial charge in [0, 0.05) is 23.4 Å². The van der Waals surface area contributed by atoms with E-state index in [0.29, 0.717) is 17.1 Å². The third kappa shape index (κ3) is 3.45. The van der Waals surface area contributed by atoms with Crippen LogP contribution in [0, 0.1) is 17.0 Å². The van der Waals surface area contributed by atoms with E-state index in [1.54, 1.807) is 19.1 Å². The van der Waals surface area contributed by atoms with Gasteiger partial charge in [0.05, 0.1) is 18.2 Å². The monoisotopic (exact) mass is 303 g/mol. The number of nitro benzene ring substituents is 1. The van der Waals surface area contributed by atoms with E-state index in [-0.39, 0.29) is 5.69 Å². The standard InChI is InChI=1S/C13H13N5O4/c1-8-11(7-14-17-13(19)22-2)16-12(15-8)9-3-5-10(6-4-9)18(20)21/h3-7H,1-2H3,(H,15,16)(H,17,19). The third-order valence-corrected chi connectivity index (χ3v) is 2.80. The zero-order valence-electron chi connectivity index (χ0n) is 11.9. The number of H-pyrrole nitrogens is 1. The highest BCUT2D eigenvalue weighted by molar-refractivity contribution is 5.81. The number of rotatable bonds is 4. The number of ether oxygens (including phenoxy) is 1. The number of aromatic amines is 1. The minimum Gasteiger partial charge on any atom is -0.452 e. The Balaban J connectivity index is 2.18. The Morgan fingerprint density at radius 1 is 1.45 bits per heavy atom. The predicted octanol–water partition coefficient (Wildman–Crippen LogP) is 1.98. The first-order valence-corrected chi connectivity index (χ1v) is 6.19. The molecule has 0 fully saturated rings. The van der Waals surface area contributed by atoms with E-state index in [9.17, 15) is 14.9 Å². The van der Waals surface area contributed by atoms with Crippen LogP contribution < -0.4 is 5.43 Å². The number of hydrogen-bond acceptors (Lipinski definition) is 6. The lowest BCUT2D eigenvalue weighted by atomic mass is 10.2. The molecular formula is C13H13N5O4. The number of methoxy groups -OCH3 is 1. The number of carbonyl (C=O) groups is 1. The smallest absolute Gasteiger partial charge is 0.427 e. The molecule has 0 bridgehead atoms. The zero-order chi connectivity index (χ0) is 16.1. The molecule has 0 unspecified atom stereocenters. The summed E-state index contributed by atoms with van der Waals surface area (Å²) < 4.78 is 4.38. The van der Waals surface area contributed by atoms with Crippen molar-refractivity contribution in [2.75, 3.05) is 7.11 Å². The summed E-state index contributed by atoms with van der Waals surface area (Å²) in [6.45, 7) is 1.79. The Hall–Kier alpha value is -3.23. The van der Waals surface area contributed by atoms with Crippen LogP contribution in [0.5, 0.6) is 0 Å². The highest BCUT2D eigenvalue weighted by Crippen LogP contribution is 2.20. The minimum atomic E-state index is -0.681. The molecule has 2 aromatic rings. The van der Waals surface area contributed by atoms with Gasteiger partial charge in [0.15, 0.2) is 0 Å². The van der Waals surface area contributed by atoms with Crippen molar-refractivity contribution in [2.45, 2.75) is 6.92 Å². The van der Waals surface area contributed by atoms with Crippen molar-refractivity contribution in [1.82, 2.24) is 15.4 Å². The van der Waals surface area contributed by atoms with Gasteiger partial charge in [-0.3, -0.25) is 10.1 Å². The number of hydrogen-bond donors (Lipinski definition) is 2. The van der Waals surface area contributed by atoms with E-state index in [1.165, 1.54) is 25.5 Å². The number of amides is 1. The van der Waals surface area contributed by atoms with Crippen LogP contribution in [-0.2, 0) is 4.74 Å². The van der Waals surface area contributed by atoms with Gasteiger partial charge in [-0.05, 0) is 19.1 Å². The van der Waals surface area contributed by atoms with Crippen LogP contribution in [-0.4, -0.2) is 34.3 Å². The fourth-order valence-electron chi connectivity index (χ4n) is 1.67. The maximum Gasteiger partial charge on any atom is 0.427 e. The summed E-state index contributed by atoms with van der Waals surface area (Å²) in [4.78, 5) is 28.4. The zero-order valence-corrected chi connectivity index (χ0v) is 11.9. The van der Waals surface area contributed by atoms with Gasteiger partial charge in [-0.25, -0.2) is 15.2 Å². The predicted molar refractivity (Wildman–Crippen MR) is 78.5 cm³/mol. The number of nitrogens with one attached hydrogen (secondary N) is 2. The molecule has 9 heteroatoms. The van der Waals surface area contributed by atoms with Crippen molar-refractivity contribution in [3.8, 4) is 11.4 Å². The van der Waals surface area contributed by atoms with Crippen molar-refractivity contribution in [3.63, 3.8) is 0 Å². The number of aromatic nitrogens is 2. The van der Waals surface area contributed by atoms with Gasteiger partial charge in [-0.15, -0.1) is 0 Å². The molecule has 22 heavy (non-hydrogen) atoms. The minimum absolute atomic E-state index is 0.0103. The summed E-state index contributed by atoms with van der Waals surface area (Å²) in [6, 6.07) is 6.01. The highest BCUT2D eigenvalue weighted by Gasteiger charge is 2.09. The fourth-order valence-corrected chi connectivity index (χ4v) is 1.67. The van der Waals surface area contributed by atoms with Crippen LogP contribution in [0.25, 0.3) is 11.4 Å². The molecule has 0 saturated heterocycles. The van der Waals surface area contributed by atoms with Crippen LogP contribution >= 0.6 is 0 Å². The van der Waals surface area contributed by atoms with Crippen LogP contribution in [0.2, 0.25) is 0 Å². The molecule has 2 N–H and O–H groups in total. The Morgan fingerprint density at radius 2 is 2.14 bits per heavy atom. The van der Waals surface area contributed by atoms with Gasteiger partial charge in [0.25, 0.3) is 5.69 Å². The molecule has 2 rings (SSSR count). The Morgan fingerprint density at radius 3 is 2.73 bits per heavy atom. The SMILES string of the molecule is COC(=O)NN=Cc1nc(-c2ccc([N+](=O)[O-])cc2)[nH]c1C.